The monoisotopic (exact) mass is 452 g/mol. The van der Waals surface area contributed by atoms with Crippen LogP contribution in [-0.2, 0) is 0 Å². The molecule has 0 aromatic heterocycles. The second kappa shape index (κ2) is 12.8. The molecule has 0 bridgehead atoms. The summed E-state index contributed by atoms with van der Waals surface area (Å²) in [5.74, 6) is 0.618. The summed E-state index contributed by atoms with van der Waals surface area (Å²) in [6.07, 6.45) is 19.0. The molecule has 0 aliphatic heterocycles. The molecule has 0 radical (unpaired) electrons. The Morgan fingerprint density at radius 3 is 2.59 bits per heavy atom. The summed E-state index contributed by atoms with van der Waals surface area (Å²) < 4.78 is 0. The van der Waals surface area contributed by atoms with Crippen LogP contribution in [0.3, 0.4) is 0 Å². The summed E-state index contributed by atoms with van der Waals surface area (Å²) in [4.78, 5) is 0. The first-order valence-electron chi connectivity index (χ1n) is 12.5. The molecule has 1 aliphatic rings. The minimum atomic E-state index is 0.344. The van der Waals surface area contributed by atoms with E-state index in [0.29, 0.717) is 12.0 Å². The van der Waals surface area contributed by atoms with E-state index < -0.39 is 0 Å². The van der Waals surface area contributed by atoms with E-state index in [1.165, 1.54) is 39.1 Å². The summed E-state index contributed by atoms with van der Waals surface area (Å²) in [7, 11) is 0. The van der Waals surface area contributed by atoms with Crippen molar-refractivity contribution in [2.75, 3.05) is 0 Å². The molecule has 178 valence electrons. The number of benzene rings is 2. The van der Waals surface area contributed by atoms with Gasteiger partial charge in [0.25, 0.3) is 0 Å². The van der Waals surface area contributed by atoms with Gasteiger partial charge in [-0.2, -0.15) is 0 Å². The molecular weight excluding hydrogens is 412 g/mol. The largest absolute Gasteiger partial charge is 0.405 e. The second-order valence-corrected chi connectivity index (χ2v) is 9.55. The van der Waals surface area contributed by atoms with Crippen LogP contribution in [-0.4, -0.2) is 6.04 Å². The number of aryl methyl sites for hydroxylation is 1. The molecule has 1 atom stereocenters. The predicted octanol–water partition coefficient (Wildman–Crippen LogP) is 8.09. The minimum absolute atomic E-state index is 0.344. The van der Waals surface area contributed by atoms with E-state index in [0.717, 1.165) is 25.7 Å². The third kappa shape index (κ3) is 7.38. The van der Waals surface area contributed by atoms with E-state index in [1.54, 1.807) is 6.20 Å². The van der Waals surface area contributed by atoms with Gasteiger partial charge in [0.05, 0.1) is 0 Å². The van der Waals surface area contributed by atoms with E-state index in [-0.39, 0.29) is 0 Å². The van der Waals surface area contributed by atoms with Crippen LogP contribution in [0.4, 0.5) is 0 Å². The zero-order chi connectivity index (χ0) is 24.3. The Morgan fingerprint density at radius 2 is 1.88 bits per heavy atom. The molecule has 34 heavy (non-hydrogen) atoms. The lowest BCUT2D eigenvalue weighted by atomic mass is 9.95. The standard InChI is InChI=1S/C32H40N2/c1-5-26(20-24(2)3)22-32(34-30-18-16-27(21-30)12-8-7-11-19-33)31-23-29(17-15-25(31)4)28-13-9-6-10-14-28/h5-11,13-15,17,19,21-24,30,34H,12,16,18,20,33H2,1-4H3/b8-7-,19-11-,26-5-,32-22-/t30-/m0/s1. The molecule has 0 fully saturated rings. The summed E-state index contributed by atoms with van der Waals surface area (Å²) in [5, 5.41) is 3.91. The molecule has 2 heteroatoms. The molecule has 2 nitrogen and oxygen atoms in total. The van der Waals surface area contributed by atoms with Crippen molar-refractivity contribution in [3.63, 3.8) is 0 Å². The Hall–Kier alpha value is -3.26. The average molecular weight is 453 g/mol. The normalized spacial score (nSPS) is 17.2. The van der Waals surface area contributed by atoms with E-state index >= 15 is 0 Å². The van der Waals surface area contributed by atoms with Gasteiger partial charge in [-0.05, 0) is 92.1 Å². The van der Waals surface area contributed by atoms with Crippen molar-refractivity contribution >= 4 is 5.70 Å². The predicted molar refractivity (Wildman–Crippen MR) is 149 cm³/mol. The van der Waals surface area contributed by atoms with Gasteiger partial charge in [0.2, 0.25) is 0 Å². The lowest BCUT2D eigenvalue weighted by Gasteiger charge is -2.20. The molecule has 2 aromatic rings. The van der Waals surface area contributed by atoms with E-state index in [2.05, 4.69) is 106 Å². The zero-order valence-electron chi connectivity index (χ0n) is 21.2. The number of nitrogens with one attached hydrogen (secondary N) is 1. The van der Waals surface area contributed by atoms with Gasteiger partial charge in [-0.15, -0.1) is 0 Å². The van der Waals surface area contributed by atoms with Crippen molar-refractivity contribution in [3.8, 4) is 11.1 Å². The molecule has 2 aromatic carbocycles. The molecule has 0 heterocycles. The highest BCUT2D eigenvalue weighted by Crippen LogP contribution is 2.30. The van der Waals surface area contributed by atoms with E-state index in [9.17, 15) is 0 Å². The third-order valence-corrected chi connectivity index (χ3v) is 6.27. The highest BCUT2D eigenvalue weighted by molar-refractivity contribution is 5.75. The summed E-state index contributed by atoms with van der Waals surface area (Å²) >= 11 is 0. The lowest BCUT2D eigenvalue weighted by molar-refractivity contribution is 0.648. The van der Waals surface area contributed by atoms with Gasteiger partial charge in [-0.1, -0.05) is 86.2 Å². The molecule has 0 amide bonds. The van der Waals surface area contributed by atoms with Gasteiger partial charge in [0.1, 0.15) is 0 Å². The number of hydrogen-bond donors (Lipinski definition) is 2. The number of nitrogens with two attached hydrogens (primary N) is 1. The van der Waals surface area contributed by atoms with Gasteiger partial charge < -0.3 is 11.1 Å². The quantitative estimate of drug-likeness (QED) is 0.282. The highest BCUT2D eigenvalue weighted by Gasteiger charge is 2.18. The summed E-state index contributed by atoms with van der Waals surface area (Å²) in [6, 6.07) is 17.8. The maximum atomic E-state index is 5.43. The maximum absolute atomic E-state index is 5.43. The maximum Gasteiger partial charge on any atom is 0.0450 e. The van der Waals surface area contributed by atoms with Crippen molar-refractivity contribution in [2.24, 2.45) is 11.7 Å². The van der Waals surface area contributed by atoms with Gasteiger partial charge in [0, 0.05) is 17.3 Å². The Morgan fingerprint density at radius 1 is 1.09 bits per heavy atom. The van der Waals surface area contributed by atoms with Gasteiger partial charge in [0.15, 0.2) is 0 Å². The Labute approximate surface area is 206 Å². The molecule has 0 saturated carbocycles. The van der Waals surface area contributed by atoms with Gasteiger partial charge in [-0.3, -0.25) is 0 Å². The Balaban J connectivity index is 1.93. The fourth-order valence-electron chi connectivity index (χ4n) is 4.47. The molecule has 0 spiro atoms. The topological polar surface area (TPSA) is 38.0 Å². The van der Waals surface area contributed by atoms with Gasteiger partial charge >= 0.3 is 0 Å². The Kier molecular flexibility index (Phi) is 9.58. The number of rotatable bonds is 10. The van der Waals surface area contributed by atoms with Crippen LogP contribution < -0.4 is 11.1 Å². The van der Waals surface area contributed by atoms with E-state index in [4.69, 9.17) is 5.73 Å². The molecule has 0 unspecified atom stereocenters. The van der Waals surface area contributed by atoms with Crippen LogP contribution in [0, 0.1) is 12.8 Å². The minimum Gasteiger partial charge on any atom is -0.405 e. The van der Waals surface area contributed by atoms with Crippen LogP contribution in [0.5, 0.6) is 0 Å². The van der Waals surface area contributed by atoms with Gasteiger partial charge in [-0.25, -0.2) is 0 Å². The Bertz CT molecular complexity index is 1080. The average Bonchev–Trinajstić information content (AvgIpc) is 3.28. The number of allylic oxidation sites excluding steroid dienone is 7. The second-order valence-electron chi connectivity index (χ2n) is 9.55. The van der Waals surface area contributed by atoms with Crippen LogP contribution >= 0.6 is 0 Å². The molecular formula is C32H40N2. The summed E-state index contributed by atoms with van der Waals surface area (Å²) in [5.41, 5.74) is 14.6. The third-order valence-electron chi connectivity index (χ3n) is 6.27. The van der Waals surface area contributed by atoms with Crippen molar-refractivity contribution < 1.29 is 0 Å². The first-order chi connectivity index (χ1) is 16.5. The fraction of sp³-hybridized carbons (Fsp3) is 0.312. The van der Waals surface area contributed by atoms with E-state index in [1.807, 2.05) is 12.2 Å². The number of hydrogen-bond acceptors (Lipinski definition) is 2. The molecule has 0 saturated heterocycles. The zero-order valence-corrected chi connectivity index (χ0v) is 21.2. The summed E-state index contributed by atoms with van der Waals surface area (Å²) in [6.45, 7) is 8.92. The van der Waals surface area contributed by atoms with Crippen molar-refractivity contribution in [1.82, 2.24) is 5.32 Å². The fourth-order valence-corrected chi connectivity index (χ4v) is 4.47. The van der Waals surface area contributed by atoms with Crippen molar-refractivity contribution in [2.45, 2.75) is 59.4 Å². The van der Waals surface area contributed by atoms with Crippen LogP contribution in [0.2, 0.25) is 0 Å². The van der Waals surface area contributed by atoms with Crippen molar-refractivity contribution in [1.29, 1.82) is 0 Å². The highest BCUT2D eigenvalue weighted by atomic mass is 14.9. The van der Waals surface area contributed by atoms with Crippen LogP contribution in [0.15, 0.2) is 102 Å². The van der Waals surface area contributed by atoms with Crippen molar-refractivity contribution in [3.05, 3.63) is 113 Å². The first kappa shape index (κ1) is 25.4. The van der Waals surface area contributed by atoms with Crippen LogP contribution in [0.1, 0.15) is 57.6 Å². The molecule has 1 aliphatic carbocycles. The smallest absolute Gasteiger partial charge is 0.0450 e. The SMILES string of the molecule is C/C=C(\C=C(/N[C@@H]1C=C(C/C=C\C=C/N)CC1)c1cc(-c2ccccc2)ccc1C)CC(C)C. The molecule has 3 rings (SSSR count). The molecule has 3 N–H and O–H groups in total. The first-order valence-corrected chi connectivity index (χ1v) is 12.5. The lowest BCUT2D eigenvalue weighted by Crippen LogP contribution is -2.24. The van der Waals surface area contributed by atoms with Crippen LogP contribution in [0.25, 0.3) is 16.8 Å².